The minimum absolute atomic E-state index is 0.0625. The molecule has 0 heterocycles. The maximum Gasteiger partial charge on any atom is 0.171 e. The first-order chi connectivity index (χ1) is 5.04. The first-order valence-electron chi connectivity index (χ1n) is 3.65. The molecule has 0 radical (unpaired) electrons. The number of aldehydes is 1. The van der Waals surface area contributed by atoms with Gasteiger partial charge in [-0.3, -0.25) is 4.79 Å². The molecule has 0 rings (SSSR count). The van der Waals surface area contributed by atoms with Crippen molar-refractivity contribution in [2.75, 3.05) is 6.61 Å². The molecule has 0 saturated heterocycles. The van der Waals surface area contributed by atoms with Crippen molar-refractivity contribution in [1.82, 2.24) is 0 Å². The largest absolute Gasteiger partial charge is 0.368 e. The molecule has 0 aromatic carbocycles. The van der Waals surface area contributed by atoms with Crippen LogP contribution in [0, 0.1) is 0 Å². The van der Waals surface area contributed by atoms with Gasteiger partial charge in [0.2, 0.25) is 0 Å². The lowest BCUT2D eigenvalue weighted by molar-refractivity contribution is -0.140. The maximum absolute atomic E-state index is 11.1. The summed E-state index contributed by atoms with van der Waals surface area (Å²) in [7, 11) is 0. The Bertz CT molecular complexity index is 149. The fourth-order valence-electron chi connectivity index (χ4n) is 0.763. The van der Waals surface area contributed by atoms with E-state index >= 15 is 0 Å². The van der Waals surface area contributed by atoms with E-state index in [0.717, 1.165) is 0 Å². The van der Waals surface area contributed by atoms with Crippen LogP contribution in [0.3, 0.4) is 0 Å². The van der Waals surface area contributed by atoms with Gasteiger partial charge in [0.25, 0.3) is 0 Å². The van der Waals surface area contributed by atoms with Gasteiger partial charge in [-0.1, -0.05) is 0 Å². The molecule has 0 spiro atoms. The van der Waals surface area contributed by atoms with Crippen molar-refractivity contribution in [2.24, 2.45) is 0 Å². The molecule has 0 atom stereocenters. The number of hydrogen-bond acceptors (Lipinski definition) is 3. The molecule has 3 nitrogen and oxygen atoms in total. The molecule has 0 aromatic heterocycles. The molecule has 0 N–H and O–H groups in total. The average Bonchev–Trinajstić information content (AvgIpc) is 1.88. The van der Waals surface area contributed by atoms with E-state index in [1.54, 1.807) is 13.8 Å². The quantitative estimate of drug-likeness (QED) is 0.442. The molecule has 3 heteroatoms. The predicted molar refractivity (Wildman–Crippen MR) is 41.4 cm³/mol. The Morgan fingerprint density at radius 3 is 2.45 bits per heavy atom. The summed E-state index contributed by atoms with van der Waals surface area (Å²) in [5.74, 6) is -0.172. The number of ketones is 1. The third-order valence-corrected chi connectivity index (χ3v) is 1.45. The number of hydrogen-bond donors (Lipinski definition) is 0. The second-order valence-electron chi connectivity index (χ2n) is 2.74. The topological polar surface area (TPSA) is 43.4 Å². The summed E-state index contributed by atoms with van der Waals surface area (Å²) in [6, 6.07) is 0. The number of Topliss-reactive ketones (excluding diaryl/α,β-unsaturated/α-hetero) is 1. The van der Waals surface area contributed by atoms with Gasteiger partial charge in [0, 0.05) is 6.61 Å². The van der Waals surface area contributed by atoms with Gasteiger partial charge in [0.15, 0.2) is 5.78 Å². The SMILES string of the molecule is CCOC(C)(C)C(=O)CC=O. The number of carbonyl (C=O) groups excluding carboxylic acids is 2. The second kappa shape index (κ2) is 4.23. The standard InChI is InChI=1S/C8H14O3/c1-4-11-8(2,3)7(10)5-6-9/h6H,4-5H2,1-3H3. The van der Waals surface area contributed by atoms with Crippen molar-refractivity contribution >= 4 is 12.1 Å². The van der Waals surface area contributed by atoms with Crippen molar-refractivity contribution in [3.8, 4) is 0 Å². The Morgan fingerprint density at radius 2 is 2.09 bits per heavy atom. The third kappa shape index (κ3) is 3.28. The molecule has 0 fully saturated rings. The van der Waals surface area contributed by atoms with Crippen LogP contribution < -0.4 is 0 Å². The van der Waals surface area contributed by atoms with Gasteiger partial charge in [-0.2, -0.15) is 0 Å². The Hall–Kier alpha value is -0.700. The Kier molecular flexibility index (Phi) is 3.97. The van der Waals surface area contributed by atoms with E-state index in [4.69, 9.17) is 4.74 Å². The van der Waals surface area contributed by atoms with E-state index < -0.39 is 5.60 Å². The highest BCUT2D eigenvalue weighted by atomic mass is 16.5. The zero-order chi connectivity index (χ0) is 8.91. The molecular formula is C8H14O3. The second-order valence-corrected chi connectivity index (χ2v) is 2.74. The third-order valence-electron chi connectivity index (χ3n) is 1.45. The van der Waals surface area contributed by atoms with Gasteiger partial charge < -0.3 is 9.53 Å². The van der Waals surface area contributed by atoms with Crippen LogP contribution in [0.5, 0.6) is 0 Å². The van der Waals surface area contributed by atoms with Gasteiger partial charge in [-0.25, -0.2) is 0 Å². The monoisotopic (exact) mass is 158 g/mol. The van der Waals surface area contributed by atoms with Crippen LogP contribution in [0.1, 0.15) is 27.2 Å². The van der Waals surface area contributed by atoms with Gasteiger partial charge in [-0.15, -0.1) is 0 Å². The molecule has 0 saturated carbocycles. The fourth-order valence-corrected chi connectivity index (χ4v) is 0.763. The Balaban J connectivity index is 4.04. The lowest BCUT2D eigenvalue weighted by atomic mass is 10.0. The van der Waals surface area contributed by atoms with Crippen LogP contribution >= 0.6 is 0 Å². The molecule has 0 amide bonds. The molecule has 11 heavy (non-hydrogen) atoms. The van der Waals surface area contributed by atoms with Crippen LogP contribution in [0.2, 0.25) is 0 Å². The molecule has 0 aromatic rings. The molecule has 0 unspecified atom stereocenters. The summed E-state index contributed by atoms with van der Waals surface area (Å²) in [5, 5.41) is 0. The van der Waals surface area contributed by atoms with E-state index in [1.165, 1.54) is 0 Å². The highest BCUT2D eigenvalue weighted by Crippen LogP contribution is 2.11. The van der Waals surface area contributed by atoms with Crippen LogP contribution in [0.4, 0.5) is 0 Å². The van der Waals surface area contributed by atoms with Crippen molar-refractivity contribution in [3.05, 3.63) is 0 Å². The molecule has 0 aliphatic rings. The van der Waals surface area contributed by atoms with Gasteiger partial charge in [0.05, 0.1) is 6.42 Å². The zero-order valence-corrected chi connectivity index (χ0v) is 7.22. The lowest BCUT2D eigenvalue weighted by Gasteiger charge is -2.21. The lowest BCUT2D eigenvalue weighted by Crippen LogP contribution is -2.35. The first-order valence-corrected chi connectivity index (χ1v) is 3.65. The Morgan fingerprint density at radius 1 is 1.55 bits per heavy atom. The molecule has 0 aliphatic heterocycles. The number of rotatable bonds is 5. The minimum Gasteiger partial charge on any atom is -0.368 e. The van der Waals surface area contributed by atoms with Crippen LogP contribution in [0.15, 0.2) is 0 Å². The number of ether oxygens (including phenoxy) is 1. The predicted octanol–water partition coefficient (Wildman–Crippen LogP) is 0.960. The summed E-state index contributed by atoms with van der Waals surface area (Å²) >= 11 is 0. The van der Waals surface area contributed by atoms with Crippen LogP contribution in [0.25, 0.3) is 0 Å². The zero-order valence-electron chi connectivity index (χ0n) is 7.22. The van der Waals surface area contributed by atoms with Gasteiger partial charge in [-0.05, 0) is 20.8 Å². The first kappa shape index (κ1) is 10.3. The van der Waals surface area contributed by atoms with E-state index in [0.29, 0.717) is 12.9 Å². The summed E-state index contributed by atoms with van der Waals surface area (Å²) in [4.78, 5) is 21.1. The molecule has 0 bridgehead atoms. The smallest absolute Gasteiger partial charge is 0.171 e. The molecule has 64 valence electrons. The number of carbonyl (C=O) groups is 2. The summed E-state index contributed by atoms with van der Waals surface area (Å²) in [6.07, 6.45) is 0.538. The fraction of sp³-hybridized carbons (Fsp3) is 0.750. The van der Waals surface area contributed by atoms with E-state index in [2.05, 4.69) is 0 Å². The van der Waals surface area contributed by atoms with E-state index in [9.17, 15) is 9.59 Å². The molecule has 0 aliphatic carbocycles. The van der Waals surface area contributed by atoms with Crippen molar-refractivity contribution in [3.63, 3.8) is 0 Å². The van der Waals surface area contributed by atoms with Crippen LogP contribution in [-0.4, -0.2) is 24.3 Å². The summed E-state index contributed by atoms with van der Waals surface area (Å²) < 4.78 is 5.14. The highest BCUT2D eigenvalue weighted by molar-refractivity contribution is 5.95. The summed E-state index contributed by atoms with van der Waals surface area (Å²) in [6.45, 7) is 5.64. The van der Waals surface area contributed by atoms with E-state index in [1.807, 2.05) is 6.92 Å². The normalized spacial score (nSPS) is 11.2. The van der Waals surface area contributed by atoms with Crippen molar-refractivity contribution in [1.29, 1.82) is 0 Å². The maximum atomic E-state index is 11.1. The Labute approximate surface area is 66.7 Å². The van der Waals surface area contributed by atoms with E-state index in [-0.39, 0.29) is 12.2 Å². The average molecular weight is 158 g/mol. The summed E-state index contributed by atoms with van der Waals surface area (Å²) in [5.41, 5.74) is -0.810. The van der Waals surface area contributed by atoms with Crippen molar-refractivity contribution < 1.29 is 14.3 Å². The molecular weight excluding hydrogens is 144 g/mol. The van der Waals surface area contributed by atoms with Crippen molar-refractivity contribution in [2.45, 2.75) is 32.8 Å². The van der Waals surface area contributed by atoms with Gasteiger partial charge >= 0.3 is 0 Å². The van der Waals surface area contributed by atoms with Gasteiger partial charge in [0.1, 0.15) is 11.9 Å². The van der Waals surface area contributed by atoms with Crippen LogP contribution in [-0.2, 0) is 14.3 Å². The minimum atomic E-state index is -0.810. The highest BCUT2D eigenvalue weighted by Gasteiger charge is 2.26.